The maximum Gasteiger partial charge on any atom is 0.133 e. The Labute approximate surface area is 116 Å². The van der Waals surface area contributed by atoms with Gasteiger partial charge in [-0.05, 0) is 37.8 Å². The number of hydrogen-bond donors (Lipinski definition) is 1. The van der Waals surface area contributed by atoms with Crippen LogP contribution in [-0.4, -0.2) is 13.2 Å². The van der Waals surface area contributed by atoms with Crippen LogP contribution in [0.4, 0.5) is 0 Å². The summed E-state index contributed by atoms with van der Waals surface area (Å²) in [5.41, 5.74) is 1.23. The van der Waals surface area contributed by atoms with E-state index < -0.39 is 0 Å². The lowest BCUT2D eigenvalue weighted by atomic mass is 9.90. The Morgan fingerprint density at radius 2 is 2.16 bits per heavy atom. The summed E-state index contributed by atoms with van der Waals surface area (Å²) in [4.78, 5) is 0. The molecule has 0 atom stereocenters. The lowest BCUT2D eigenvalue weighted by molar-refractivity contribution is 0.0631. The number of ether oxygens (including phenoxy) is 1. The highest BCUT2D eigenvalue weighted by atomic mass is 16.5. The standard InChI is InChI=1S/C16H27NO2/c1-2-9-17-11-15-8-10-19-16(15)13-18-12-14-6-4-3-5-7-14/h8,10,14,17H,2-7,9,11-13H2,1H3. The van der Waals surface area contributed by atoms with Crippen molar-refractivity contribution in [3.8, 4) is 0 Å². The molecule has 1 aromatic heterocycles. The molecule has 0 spiro atoms. The van der Waals surface area contributed by atoms with Crippen molar-refractivity contribution in [3.05, 3.63) is 23.7 Å². The van der Waals surface area contributed by atoms with Gasteiger partial charge in [-0.15, -0.1) is 0 Å². The Hall–Kier alpha value is -0.800. The summed E-state index contributed by atoms with van der Waals surface area (Å²) in [5, 5.41) is 3.40. The van der Waals surface area contributed by atoms with Crippen molar-refractivity contribution < 1.29 is 9.15 Å². The molecule has 3 heteroatoms. The molecule has 19 heavy (non-hydrogen) atoms. The van der Waals surface area contributed by atoms with E-state index in [1.54, 1.807) is 6.26 Å². The van der Waals surface area contributed by atoms with Gasteiger partial charge in [0.05, 0.1) is 6.26 Å². The number of furan rings is 1. The van der Waals surface area contributed by atoms with Gasteiger partial charge in [-0.3, -0.25) is 0 Å². The van der Waals surface area contributed by atoms with Crippen molar-refractivity contribution >= 4 is 0 Å². The molecule has 0 aromatic carbocycles. The number of nitrogens with one attached hydrogen (secondary N) is 1. The average Bonchev–Trinajstić information content (AvgIpc) is 2.88. The quantitative estimate of drug-likeness (QED) is 0.724. The molecule has 1 fully saturated rings. The van der Waals surface area contributed by atoms with Gasteiger partial charge in [0.1, 0.15) is 12.4 Å². The van der Waals surface area contributed by atoms with E-state index >= 15 is 0 Å². The summed E-state index contributed by atoms with van der Waals surface area (Å²) < 4.78 is 11.4. The van der Waals surface area contributed by atoms with Crippen LogP contribution in [0.1, 0.15) is 56.8 Å². The molecule has 2 rings (SSSR count). The van der Waals surface area contributed by atoms with E-state index in [-0.39, 0.29) is 0 Å². The van der Waals surface area contributed by atoms with Gasteiger partial charge >= 0.3 is 0 Å². The lowest BCUT2D eigenvalue weighted by Gasteiger charge is -2.21. The van der Waals surface area contributed by atoms with Crippen LogP contribution in [0.2, 0.25) is 0 Å². The van der Waals surface area contributed by atoms with Crippen LogP contribution in [0.25, 0.3) is 0 Å². The minimum absolute atomic E-state index is 0.618. The maximum absolute atomic E-state index is 5.84. The Morgan fingerprint density at radius 1 is 1.32 bits per heavy atom. The number of rotatable bonds is 8. The van der Waals surface area contributed by atoms with Gasteiger partial charge < -0.3 is 14.5 Å². The smallest absolute Gasteiger partial charge is 0.133 e. The van der Waals surface area contributed by atoms with Gasteiger partial charge in [-0.2, -0.15) is 0 Å². The van der Waals surface area contributed by atoms with E-state index in [0.717, 1.165) is 37.8 Å². The maximum atomic E-state index is 5.84. The van der Waals surface area contributed by atoms with Crippen molar-refractivity contribution in [2.24, 2.45) is 5.92 Å². The molecule has 1 saturated carbocycles. The molecule has 0 radical (unpaired) electrons. The molecule has 3 nitrogen and oxygen atoms in total. The molecule has 0 amide bonds. The Morgan fingerprint density at radius 3 is 2.95 bits per heavy atom. The zero-order valence-electron chi connectivity index (χ0n) is 12.1. The summed E-state index contributed by atoms with van der Waals surface area (Å²) >= 11 is 0. The van der Waals surface area contributed by atoms with Crippen molar-refractivity contribution in [1.29, 1.82) is 0 Å². The van der Waals surface area contributed by atoms with E-state index in [1.165, 1.54) is 37.7 Å². The lowest BCUT2D eigenvalue weighted by Crippen LogP contribution is -2.15. The minimum atomic E-state index is 0.618. The second kappa shape index (κ2) is 8.39. The van der Waals surface area contributed by atoms with Crippen LogP contribution in [0.5, 0.6) is 0 Å². The molecule has 0 bridgehead atoms. The molecule has 1 aromatic rings. The SMILES string of the molecule is CCCNCc1ccoc1COCC1CCCCC1. The zero-order valence-corrected chi connectivity index (χ0v) is 12.1. The van der Waals surface area contributed by atoms with Crippen molar-refractivity contribution in [3.63, 3.8) is 0 Å². The molecule has 108 valence electrons. The predicted molar refractivity (Wildman–Crippen MR) is 76.9 cm³/mol. The highest BCUT2D eigenvalue weighted by molar-refractivity contribution is 5.16. The third kappa shape index (κ3) is 5.00. The van der Waals surface area contributed by atoms with Crippen LogP contribution in [0.15, 0.2) is 16.7 Å². The third-order valence-electron chi connectivity index (χ3n) is 3.89. The Balaban J connectivity index is 1.68. The van der Waals surface area contributed by atoms with Gasteiger partial charge in [-0.1, -0.05) is 26.2 Å². The summed E-state index contributed by atoms with van der Waals surface area (Å²) in [7, 11) is 0. The third-order valence-corrected chi connectivity index (χ3v) is 3.89. The van der Waals surface area contributed by atoms with Gasteiger partial charge in [-0.25, -0.2) is 0 Å². The van der Waals surface area contributed by atoms with Crippen molar-refractivity contribution in [1.82, 2.24) is 5.32 Å². The van der Waals surface area contributed by atoms with E-state index in [9.17, 15) is 0 Å². The van der Waals surface area contributed by atoms with Crippen molar-refractivity contribution in [2.45, 2.75) is 58.6 Å². The monoisotopic (exact) mass is 265 g/mol. The second-order valence-corrected chi connectivity index (χ2v) is 5.56. The highest BCUT2D eigenvalue weighted by Crippen LogP contribution is 2.24. The van der Waals surface area contributed by atoms with E-state index in [1.807, 2.05) is 6.07 Å². The summed E-state index contributed by atoms with van der Waals surface area (Å²) in [5.74, 6) is 1.75. The fourth-order valence-corrected chi connectivity index (χ4v) is 2.72. The van der Waals surface area contributed by atoms with Crippen LogP contribution in [0, 0.1) is 5.92 Å². The molecule has 1 heterocycles. The average molecular weight is 265 g/mol. The minimum Gasteiger partial charge on any atom is -0.467 e. The summed E-state index contributed by atoms with van der Waals surface area (Å²) in [6.45, 7) is 5.62. The van der Waals surface area contributed by atoms with E-state index in [2.05, 4.69) is 12.2 Å². The van der Waals surface area contributed by atoms with Crippen LogP contribution in [-0.2, 0) is 17.9 Å². The second-order valence-electron chi connectivity index (χ2n) is 5.56. The van der Waals surface area contributed by atoms with Crippen LogP contribution < -0.4 is 5.32 Å². The largest absolute Gasteiger partial charge is 0.467 e. The van der Waals surface area contributed by atoms with E-state index in [0.29, 0.717) is 6.61 Å². The Kier molecular flexibility index (Phi) is 6.45. The van der Waals surface area contributed by atoms with Crippen molar-refractivity contribution in [2.75, 3.05) is 13.2 Å². The fraction of sp³-hybridized carbons (Fsp3) is 0.750. The van der Waals surface area contributed by atoms with E-state index in [4.69, 9.17) is 9.15 Å². The van der Waals surface area contributed by atoms with Gasteiger partial charge in [0, 0.05) is 18.7 Å². The van der Waals surface area contributed by atoms with Crippen LogP contribution in [0.3, 0.4) is 0 Å². The van der Waals surface area contributed by atoms with Gasteiger partial charge in [0.2, 0.25) is 0 Å². The first-order valence-electron chi connectivity index (χ1n) is 7.74. The topological polar surface area (TPSA) is 34.4 Å². The highest BCUT2D eigenvalue weighted by Gasteiger charge is 2.14. The van der Waals surface area contributed by atoms with Gasteiger partial charge in [0.15, 0.2) is 0 Å². The normalized spacial score (nSPS) is 16.9. The summed E-state index contributed by atoms with van der Waals surface area (Å²) in [6, 6.07) is 2.04. The molecule has 1 aliphatic carbocycles. The molecule has 0 saturated heterocycles. The number of hydrogen-bond acceptors (Lipinski definition) is 3. The Bertz CT molecular complexity index is 342. The molecule has 0 unspecified atom stereocenters. The molecule has 1 N–H and O–H groups in total. The molecule has 1 aliphatic rings. The first-order valence-corrected chi connectivity index (χ1v) is 7.74. The van der Waals surface area contributed by atoms with Crippen LogP contribution >= 0.6 is 0 Å². The first kappa shape index (κ1) is 14.6. The van der Waals surface area contributed by atoms with Gasteiger partial charge in [0.25, 0.3) is 0 Å². The molecular formula is C16H27NO2. The summed E-state index contributed by atoms with van der Waals surface area (Å²) in [6.07, 6.45) is 9.75. The fourth-order valence-electron chi connectivity index (χ4n) is 2.72. The molecular weight excluding hydrogens is 238 g/mol. The molecule has 0 aliphatic heterocycles. The predicted octanol–water partition coefficient (Wildman–Crippen LogP) is 3.88. The zero-order chi connectivity index (χ0) is 13.3. The first-order chi connectivity index (χ1) is 9.40.